The lowest BCUT2D eigenvalue weighted by Crippen LogP contribution is -2.13. The quantitative estimate of drug-likeness (QED) is 0.863. The maximum absolute atomic E-state index is 12.8. The van der Waals surface area contributed by atoms with Crippen LogP contribution in [0.2, 0.25) is 0 Å². The van der Waals surface area contributed by atoms with Crippen LogP contribution in [0, 0.1) is 5.82 Å². The van der Waals surface area contributed by atoms with E-state index in [9.17, 15) is 9.18 Å². The molecule has 0 bridgehead atoms. The van der Waals surface area contributed by atoms with Crippen molar-refractivity contribution in [1.82, 2.24) is 0 Å². The molecule has 3 heteroatoms. The zero-order chi connectivity index (χ0) is 12.3. The highest BCUT2D eigenvalue weighted by Crippen LogP contribution is 2.20. The molecule has 0 atom stereocenters. The van der Waals surface area contributed by atoms with E-state index in [1.807, 2.05) is 24.3 Å². The number of carbonyl (C=O) groups is 1. The maximum atomic E-state index is 12.8. The molecule has 2 nitrogen and oxygen atoms in total. The molecule has 86 valence electrons. The molecule has 0 saturated heterocycles. The van der Waals surface area contributed by atoms with Gasteiger partial charge in [-0.3, -0.25) is 4.79 Å². The maximum Gasteiger partial charge on any atom is 0.221 e. The predicted octanol–water partition coefficient (Wildman–Crippen LogP) is 2.52. The molecule has 0 fully saturated rings. The van der Waals surface area contributed by atoms with Crippen LogP contribution in [0.1, 0.15) is 5.56 Å². The Kier molecular flexibility index (Phi) is 3.19. The molecule has 0 radical (unpaired) electrons. The van der Waals surface area contributed by atoms with Gasteiger partial charge in [-0.25, -0.2) is 4.39 Å². The standard InChI is InChI=1S/C14H12FNO/c15-13-7-5-12(6-8-13)11-3-1-10(2-4-11)9-14(16)17/h1-8H,9H2,(H2,16,17). The lowest BCUT2D eigenvalue weighted by Gasteiger charge is -2.03. The zero-order valence-corrected chi connectivity index (χ0v) is 9.19. The monoisotopic (exact) mass is 229 g/mol. The summed E-state index contributed by atoms with van der Waals surface area (Å²) in [7, 11) is 0. The van der Waals surface area contributed by atoms with Gasteiger partial charge in [0.15, 0.2) is 0 Å². The number of hydrogen-bond acceptors (Lipinski definition) is 1. The molecule has 1 amide bonds. The van der Waals surface area contributed by atoms with Crippen LogP contribution < -0.4 is 5.73 Å². The number of halogens is 1. The van der Waals surface area contributed by atoms with Gasteiger partial charge >= 0.3 is 0 Å². The molecular formula is C14H12FNO. The second kappa shape index (κ2) is 4.78. The van der Waals surface area contributed by atoms with Crippen molar-refractivity contribution < 1.29 is 9.18 Å². The Balaban J connectivity index is 2.23. The Hall–Kier alpha value is -2.16. The molecule has 0 unspecified atom stereocenters. The van der Waals surface area contributed by atoms with Gasteiger partial charge in [0.2, 0.25) is 5.91 Å². The largest absolute Gasteiger partial charge is 0.369 e. The number of benzene rings is 2. The van der Waals surface area contributed by atoms with E-state index in [1.165, 1.54) is 12.1 Å². The minimum atomic E-state index is -0.348. The van der Waals surface area contributed by atoms with Crippen LogP contribution in [0.3, 0.4) is 0 Å². The molecule has 2 N–H and O–H groups in total. The van der Waals surface area contributed by atoms with Crippen molar-refractivity contribution in [3.05, 3.63) is 59.9 Å². The summed E-state index contributed by atoms with van der Waals surface area (Å²) in [6.07, 6.45) is 0.240. The molecule has 2 aromatic rings. The molecule has 0 aliphatic heterocycles. The Labute approximate surface area is 98.9 Å². The molecule has 2 aromatic carbocycles. The molecular weight excluding hydrogens is 217 g/mol. The predicted molar refractivity (Wildman–Crippen MR) is 64.7 cm³/mol. The first-order valence-electron chi connectivity index (χ1n) is 5.28. The summed E-state index contributed by atoms with van der Waals surface area (Å²) in [6, 6.07) is 13.8. The van der Waals surface area contributed by atoms with Crippen molar-refractivity contribution in [3.8, 4) is 11.1 Å². The van der Waals surface area contributed by atoms with Gasteiger partial charge in [-0.15, -0.1) is 0 Å². The smallest absolute Gasteiger partial charge is 0.221 e. The van der Waals surface area contributed by atoms with E-state index in [-0.39, 0.29) is 18.1 Å². The lowest BCUT2D eigenvalue weighted by atomic mass is 10.0. The molecule has 0 saturated carbocycles. The minimum Gasteiger partial charge on any atom is -0.369 e. The van der Waals surface area contributed by atoms with Crippen LogP contribution in [-0.2, 0) is 11.2 Å². The van der Waals surface area contributed by atoms with E-state index in [1.54, 1.807) is 12.1 Å². The van der Waals surface area contributed by atoms with Crippen LogP contribution in [0.5, 0.6) is 0 Å². The average molecular weight is 229 g/mol. The van der Waals surface area contributed by atoms with Gasteiger partial charge in [-0.2, -0.15) is 0 Å². The fourth-order valence-electron chi connectivity index (χ4n) is 1.66. The molecule has 0 spiro atoms. The van der Waals surface area contributed by atoms with Gasteiger partial charge in [0.05, 0.1) is 6.42 Å². The Morgan fingerprint density at radius 3 is 1.88 bits per heavy atom. The topological polar surface area (TPSA) is 43.1 Å². The summed E-state index contributed by atoms with van der Waals surface area (Å²) in [5.41, 5.74) is 7.91. The molecule has 0 heterocycles. The van der Waals surface area contributed by atoms with Gasteiger partial charge in [0.1, 0.15) is 5.82 Å². The first-order valence-corrected chi connectivity index (χ1v) is 5.28. The molecule has 0 aliphatic carbocycles. The molecule has 0 aliphatic rings. The van der Waals surface area contributed by atoms with Gasteiger partial charge in [0.25, 0.3) is 0 Å². The Bertz CT molecular complexity index is 517. The lowest BCUT2D eigenvalue weighted by molar-refractivity contribution is -0.117. The average Bonchev–Trinajstić information content (AvgIpc) is 2.30. The van der Waals surface area contributed by atoms with Gasteiger partial charge < -0.3 is 5.73 Å². The molecule has 17 heavy (non-hydrogen) atoms. The van der Waals surface area contributed by atoms with Crippen molar-refractivity contribution in [3.63, 3.8) is 0 Å². The van der Waals surface area contributed by atoms with Crippen molar-refractivity contribution in [2.45, 2.75) is 6.42 Å². The summed E-state index contributed by atoms with van der Waals surface area (Å²) >= 11 is 0. The van der Waals surface area contributed by atoms with E-state index in [0.29, 0.717) is 0 Å². The van der Waals surface area contributed by atoms with E-state index in [0.717, 1.165) is 16.7 Å². The molecule has 0 aromatic heterocycles. The molecule has 2 rings (SSSR count). The van der Waals surface area contributed by atoms with Crippen LogP contribution in [0.25, 0.3) is 11.1 Å². The van der Waals surface area contributed by atoms with Crippen molar-refractivity contribution in [2.24, 2.45) is 5.73 Å². The third-order valence-electron chi connectivity index (χ3n) is 2.51. The van der Waals surface area contributed by atoms with E-state index < -0.39 is 0 Å². The van der Waals surface area contributed by atoms with Crippen molar-refractivity contribution in [2.75, 3.05) is 0 Å². The fourth-order valence-corrected chi connectivity index (χ4v) is 1.66. The van der Waals surface area contributed by atoms with Gasteiger partial charge in [0, 0.05) is 0 Å². The van der Waals surface area contributed by atoms with E-state index >= 15 is 0 Å². The second-order valence-corrected chi connectivity index (χ2v) is 3.85. The van der Waals surface area contributed by atoms with Crippen LogP contribution in [0.4, 0.5) is 4.39 Å². The summed E-state index contributed by atoms with van der Waals surface area (Å²) in [6.45, 7) is 0. The number of carbonyl (C=O) groups excluding carboxylic acids is 1. The number of rotatable bonds is 3. The number of hydrogen-bond donors (Lipinski definition) is 1. The van der Waals surface area contributed by atoms with Crippen molar-refractivity contribution >= 4 is 5.91 Å². The highest BCUT2D eigenvalue weighted by molar-refractivity contribution is 5.77. The van der Waals surface area contributed by atoms with E-state index in [2.05, 4.69) is 0 Å². The second-order valence-electron chi connectivity index (χ2n) is 3.85. The summed E-state index contributed by atoms with van der Waals surface area (Å²) < 4.78 is 12.8. The number of primary amides is 1. The number of amides is 1. The van der Waals surface area contributed by atoms with Gasteiger partial charge in [-0.05, 0) is 28.8 Å². The Morgan fingerprint density at radius 2 is 1.41 bits per heavy atom. The van der Waals surface area contributed by atoms with Crippen LogP contribution in [-0.4, -0.2) is 5.91 Å². The summed E-state index contributed by atoms with van der Waals surface area (Å²) in [5.74, 6) is -0.598. The van der Waals surface area contributed by atoms with Crippen LogP contribution >= 0.6 is 0 Å². The highest BCUT2D eigenvalue weighted by Gasteiger charge is 2.00. The number of nitrogens with two attached hydrogens (primary N) is 1. The highest BCUT2D eigenvalue weighted by atomic mass is 19.1. The Morgan fingerprint density at radius 1 is 0.941 bits per heavy atom. The van der Waals surface area contributed by atoms with E-state index in [4.69, 9.17) is 5.73 Å². The summed E-state index contributed by atoms with van der Waals surface area (Å²) in [4.78, 5) is 10.7. The zero-order valence-electron chi connectivity index (χ0n) is 9.19. The minimum absolute atomic E-state index is 0.240. The first-order chi connectivity index (χ1) is 8.15. The summed E-state index contributed by atoms with van der Waals surface area (Å²) in [5, 5.41) is 0. The van der Waals surface area contributed by atoms with Crippen LogP contribution in [0.15, 0.2) is 48.5 Å². The fraction of sp³-hybridized carbons (Fsp3) is 0.0714. The van der Waals surface area contributed by atoms with Crippen molar-refractivity contribution in [1.29, 1.82) is 0 Å². The van der Waals surface area contributed by atoms with Gasteiger partial charge in [-0.1, -0.05) is 36.4 Å². The SMILES string of the molecule is NC(=O)Cc1ccc(-c2ccc(F)cc2)cc1. The first kappa shape index (κ1) is 11.3. The third kappa shape index (κ3) is 2.91. The normalized spacial score (nSPS) is 10.2. The third-order valence-corrected chi connectivity index (χ3v) is 2.51.